The summed E-state index contributed by atoms with van der Waals surface area (Å²) in [6.45, 7) is 2.94. The zero-order valence-corrected chi connectivity index (χ0v) is 12.2. The topological polar surface area (TPSA) is 44.4 Å². The highest BCUT2D eigenvalue weighted by Gasteiger charge is 2.17. The Morgan fingerprint density at radius 2 is 1.90 bits per heavy atom. The number of carbonyl (C=O) groups is 1. The van der Waals surface area contributed by atoms with Crippen LogP contribution in [0.15, 0.2) is 18.2 Å². The van der Waals surface area contributed by atoms with E-state index >= 15 is 0 Å². The lowest BCUT2D eigenvalue weighted by molar-refractivity contribution is -0.115. The molecular weight excluding hydrogens is 276 g/mol. The molecule has 1 heterocycles. The van der Waals surface area contributed by atoms with Gasteiger partial charge in [-0.05, 0) is 57.6 Å². The highest BCUT2D eigenvalue weighted by Crippen LogP contribution is 2.17. The number of hydrogen-bond donors (Lipinski definition) is 2. The highest BCUT2D eigenvalue weighted by atomic mass is 19.1. The van der Waals surface area contributed by atoms with Crippen LogP contribution in [0.2, 0.25) is 0 Å². The van der Waals surface area contributed by atoms with E-state index in [1.165, 1.54) is 6.07 Å². The van der Waals surface area contributed by atoms with Crippen LogP contribution < -0.4 is 10.6 Å². The van der Waals surface area contributed by atoms with Gasteiger partial charge in [-0.1, -0.05) is 6.07 Å². The average molecular weight is 297 g/mol. The zero-order valence-electron chi connectivity index (χ0n) is 12.2. The molecule has 0 radical (unpaired) electrons. The van der Waals surface area contributed by atoms with Crippen molar-refractivity contribution in [2.24, 2.45) is 5.92 Å². The zero-order chi connectivity index (χ0) is 15.2. The van der Waals surface area contributed by atoms with Crippen molar-refractivity contribution in [3.8, 4) is 0 Å². The van der Waals surface area contributed by atoms with E-state index < -0.39 is 17.5 Å². The summed E-state index contributed by atoms with van der Waals surface area (Å²) in [4.78, 5) is 14.0. The number of para-hydroxylation sites is 1. The molecule has 2 N–H and O–H groups in total. The van der Waals surface area contributed by atoms with E-state index in [9.17, 15) is 13.6 Å². The van der Waals surface area contributed by atoms with Gasteiger partial charge in [0.2, 0.25) is 5.91 Å². The number of rotatable bonds is 5. The number of likely N-dealkylation sites (tertiary alicyclic amines) is 1. The minimum atomic E-state index is -0.765. The molecule has 1 amide bonds. The molecule has 1 aromatic carbocycles. The number of carbonyl (C=O) groups excluding carboxylic acids is 1. The molecule has 0 aromatic heterocycles. The molecule has 1 saturated heterocycles. The van der Waals surface area contributed by atoms with Gasteiger partial charge in [-0.25, -0.2) is 8.78 Å². The van der Waals surface area contributed by atoms with Crippen LogP contribution in [-0.2, 0) is 4.79 Å². The molecule has 6 heteroatoms. The predicted molar refractivity (Wildman–Crippen MR) is 78.1 cm³/mol. The second kappa shape index (κ2) is 7.47. The summed E-state index contributed by atoms with van der Waals surface area (Å²) in [6, 6.07) is 3.49. The second-order valence-corrected chi connectivity index (χ2v) is 5.52. The average Bonchev–Trinajstić information content (AvgIpc) is 2.45. The second-order valence-electron chi connectivity index (χ2n) is 5.52. The minimum absolute atomic E-state index is 0.0557. The molecule has 0 atom stereocenters. The summed E-state index contributed by atoms with van der Waals surface area (Å²) >= 11 is 0. The van der Waals surface area contributed by atoms with Crippen molar-refractivity contribution in [1.82, 2.24) is 10.2 Å². The quantitative estimate of drug-likeness (QED) is 0.871. The molecule has 1 aromatic rings. The molecule has 2 rings (SSSR count). The van der Waals surface area contributed by atoms with E-state index in [0.717, 1.165) is 44.6 Å². The maximum Gasteiger partial charge on any atom is 0.238 e. The highest BCUT2D eigenvalue weighted by molar-refractivity contribution is 5.92. The Morgan fingerprint density at radius 1 is 1.29 bits per heavy atom. The van der Waals surface area contributed by atoms with E-state index in [1.807, 2.05) is 0 Å². The standard InChI is InChI=1S/C15H21F2N3O/c1-20-7-5-11(6-8-20)9-18-10-14(21)19-15-12(16)3-2-4-13(15)17/h2-4,11,18H,5-10H2,1H3,(H,19,21). The third-order valence-electron chi connectivity index (χ3n) is 3.78. The minimum Gasteiger partial charge on any atom is -0.320 e. The summed E-state index contributed by atoms with van der Waals surface area (Å²) in [7, 11) is 2.10. The van der Waals surface area contributed by atoms with Crippen LogP contribution in [0.3, 0.4) is 0 Å². The lowest BCUT2D eigenvalue weighted by Gasteiger charge is -2.28. The number of anilines is 1. The molecule has 0 bridgehead atoms. The summed E-state index contributed by atoms with van der Waals surface area (Å²) in [5.41, 5.74) is -0.386. The molecule has 1 fully saturated rings. The van der Waals surface area contributed by atoms with Crippen molar-refractivity contribution >= 4 is 11.6 Å². The van der Waals surface area contributed by atoms with Crippen molar-refractivity contribution < 1.29 is 13.6 Å². The summed E-state index contributed by atoms with van der Waals surface area (Å²) < 4.78 is 26.8. The predicted octanol–water partition coefficient (Wildman–Crippen LogP) is 1.83. The van der Waals surface area contributed by atoms with E-state index in [-0.39, 0.29) is 12.2 Å². The van der Waals surface area contributed by atoms with Gasteiger partial charge < -0.3 is 15.5 Å². The first kappa shape index (κ1) is 15.9. The van der Waals surface area contributed by atoms with Crippen molar-refractivity contribution in [3.63, 3.8) is 0 Å². The third-order valence-corrected chi connectivity index (χ3v) is 3.78. The van der Waals surface area contributed by atoms with Crippen molar-refractivity contribution in [2.45, 2.75) is 12.8 Å². The molecule has 0 saturated carbocycles. The van der Waals surface area contributed by atoms with Crippen LogP contribution in [-0.4, -0.2) is 44.0 Å². The Kier molecular flexibility index (Phi) is 5.64. The van der Waals surface area contributed by atoms with E-state index in [2.05, 4.69) is 22.6 Å². The first-order valence-electron chi connectivity index (χ1n) is 7.19. The smallest absolute Gasteiger partial charge is 0.238 e. The Labute approximate surface area is 123 Å². The fraction of sp³-hybridized carbons (Fsp3) is 0.533. The third kappa shape index (κ3) is 4.75. The van der Waals surface area contributed by atoms with Gasteiger partial charge in [0.05, 0.1) is 6.54 Å². The fourth-order valence-electron chi connectivity index (χ4n) is 2.46. The Morgan fingerprint density at radius 3 is 2.52 bits per heavy atom. The molecule has 1 aliphatic heterocycles. The number of hydrogen-bond acceptors (Lipinski definition) is 3. The number of nitrogens with zero attached hydrogens (tertiary/aromatic N) is 1. The van der Waals surface area contributed by atoms with Crippen molar-refractivity contribution in [2.75, 3.05) is 38.5 Å². The summed E-state index contributed by atoms with van der Waals surface area (Å²) in [5, 5.41) is 5.32. The lowest BCUT2D eigenvalue weighted by Crippen LogP contribution is -2.37. The maximum absolute atomic E-state index is 13.4. The van der Waals surface area contributed by atoms with Gasteiger partial charge in [0.25, 0.3) is 0 Å². The van der Waals surface area contributed by atoms with E-state index in [1.54, 1.807) is 0 Å². The van der Waals surface area contributed by atoms with Gasteiger partial charge in [0, 0.05) is 0 Å². The van der Waals surface area contributed by atoms with Gasteiger partial charge >= 0.3 is 0 Å². The van der Waals surface area contributed by atoms with E-state index in [0.29, 0.717) is 5.92 Å². The van der Waals surface area contributed by atoms with Gasteiger partial charge in [-0.3, -0.25) is 4.79 Å². The molecule has 0 unspecified atom stereocenters. The van der Waals surface area contributed by atoms with Crippen LogP contribution in [0.4, 0.5) is 14.5 Å². The first-order valence-corrected chi connectivity index (χ1v) is 7.19. The lowest BCUT2D eigenvalue weighted by atomic mass is 9.97. The van der Waals surface area contributed by atoms with Gasteiger partial charge in [-0.2, -0.15) is 0 Å². The largest absolute Gasteiger partial charge is 0.320 e. The number of benzene rings is 1. The van der Waals surface area contributed by atoms with Crippen molar-refractivity contribution in [3.05, 3.63) is 29.8 Å². The summed E-state index contributed by atoms with van der Waals surface area (Å²) in [5.74, 6) is -1.41. The summed E-state index contributed by atoms with van der Waals surface area (Å²) in [6.07, 6.45) is 2.21. The van der Waals surface area contributed by atoms with Crippen LogP contribution in [0.5, 0.6) is 0 Å². The Hall–Kier alpha value is -1.53. The number of nitrogens with one attached hydrogen (secondary N) is 2. The molecule has 1 aliphatic rings. The molecule has 4 nitrogen and oxygen atoms in total. The Balaban J connectivity index is 1.73. The number of piperidine rings is 1. The van der Waals surface area contributed by atoms with Crippen LogP contribution in [0.25, 0.3) is 0 Å². The first-order chi connectivity index (χ1) is 10.1. The number of amides is 1. The van der Waals surface area contributed by atoms with Gasteiger partial charge in [-0.15, -0.1) is 0 Å². The molecule has 116 valence electrons. The molecular formula is C15H21F2N3O. The fourth-order valence-corrected chi connectivity index (χ4v) is 2.46. The van der Waals surface area contributed by atoms with E-state index in [4.69, 9.17) is 0 Å². The van der Waals surface area contributed by atoms with Gasteiger partial charge in [0.1, 0.15) is 17.3 Å². The normalized spacial score (nSPS) is 16.9. The SMILES string of the molecule is CN1CCC(CNCC(=O)Nc2c(F)cccc2F)CC1. The Bertz CT molecular complexity index is 468. The van der Waals surface area contributed by atoms with Crippen LogP contribution in [0, 0.1) is 17.6 Å². The molecule has 0 aliphatic carbocycles. The van der Waals surface area contributed by atoms with Crippen LogP contribution >= 0.6 is 0 Å². The van der Waals surface area contributed by atoms with Gasteiger partial charge in [0.15, 0.2) is 0 Å². The number of halogens is 2. The monoisotopic (exact) mass is 297 g/mol. The molecule has 21 heavy (non-hydrogen) atoms. The maximum atomic E-state index is 13.4. The molecule has 0 spiro atoms. The van der Waals surface area contributed by atoms with Crippen molar-refractivity contribution in [1.29, 1.82) is 0 Å². The van der Waals surface area contributed by atoms with Crippen LogP contribution in [0.1, 0.15) is 12.8 Å².